The van der Waals surface area contributed by atoms with Crippen LogP contribution in [-0.4, -0.2) is 43.7 Å². The van der Waals surface area contributed by atoms with Gasteiger partial charge in [0.05, 0.1) is 26.7 Å². The third kappa shape index (κ3) is 3.29. The highest BCUT2D eigenvalue weighted by Gasteiger charge is 2.36. The second kappa shape index (κ2) is 8.19. The van der Waals surface area contributed by atoms with Crippen molar-refractivity contribution in [2.45, 2.75) is 6.17 Å². The minimum Gasteiger partial charge on any atom is -0.493 e. The molecule has 8 nitrogen and oxygen atoms in total. The number of hydrazone groups is 1. The van der Waals surface area contributed by atoms with Crippen molar-refractivity contribution in [3.05, 3.63) is 50.9 Å². The SMILES string of the molecule is COc1ccc(C2N=c3ccc(Br)cc3=C3C(=O)NC(SC)=NN32)c(OC)c1OC. The highest BCUT2D eigenvalue weighted by Crippen LogP contribution is 2.45. The predicted octanol–water partition coefficient (Wildman–Crippen LogP) is 1.98. The number of fused-ring (bicyclic) bond motifs is 2. The van der Waals surface area contributed by atoms with E-state index in [4.69, 9.17) is 19.2 Å². The Morgan fingerprint density at radius 2 is 1.87 bits per heavy atom. The molecule has 30 heavy (non-hydrogen) atoms. The quantitative estimate of drug-likeness (QED) is 0.705. The Balaban J connectivity index is 2.02. The molecule has 4 rings (SSSR count). The lowest BCUT2D eigenvalue weighted by Crippen LogP contribution is -2.50. The van der Waals surface area contributed by atoms with Crippen LogP contribution in [0.1, 0.15) is 11.7 Å². The van der Waals surface area contributed by atoms with Crippen LogP contribution >= 0.6 is 27.7 Å². The molecule has 2 aromatic carbocycles. The van der Waals surface area contributed by atoms with E-state index in [-0.39, 0.29) is 5.91 Å². The maximum absolute atomic E-state index is 13.0. The van der Waals surface area contributed by atoms with Crippen molar-refractivity contribution in [3.63, 3.8) is 0 Å². The van der Waals surface area contributed by atoms with E-state index in [0.29, 0.717) is 44.3 Å². The van der Waals surface area contributed by atoms with E-state index in [0.717, 1.165) is 4.47 Å². The Morgan fingerprint density at radius 3 is 2.53 bits per heavy atom. The molecular weight excluding hydrogens is 472 g/mol. The molecule has 0 radical (unpaired) electrons. The van der Waals surface area contributed by atoms with Crippen LogP contribution in [0.4, 0.5) is 0 Å². The number of methoxy groups -OCH3 is 3. The van der Waals surface area contributed by atoms with Crippen LogP contribution in [-0.2, 0) is 4.79 Å². The van der Waals surface area contributed by atoms with Crippen LogP contribution in [0.2, 0.25) is 0 Å². The van der Waals surface area contributed by atoms with Gasteiger partial charge in [0.1, 0.15) is 5.70 Å². The summed E-state index contributed by atoms with van der Waals surface area (Å²) in [6.45, 7) is 0. The topological polar surface area (TPSA) is 84.8 Å². The molecule has 2 heterocycles. The summed E-state index contributed by atoms with van der Waals surface area (Å²) in [5, 5.41) is 11.0. The van der Waals surface area contributed by atoms with E-state index in [2.05, 4.69) is 26.3 Å². The van der Waals surface area contributed by atoms with Crippen molar-refractivity contribution in [1.82, 2.24) is 10.3 Å². The first kappa shape index (κ1) is 20.5. The van der Waals surface area contributed by atoms with E-state index < -0.39 is 6.17 Å². The van der Waals surface area contributed by atoms with Crippen LogP contribution in [0.5, 0.6) is 17.2 Å². The molecule has 0 saturated carbocycles. The fourth-order valence-corrected chi connectivity index (χ4v) is 4.20. The lowest BCUT2D eigenvalue weighted by Gasteiger charge is -2.34. The molecule has 1 unspecified atom stereocenters. The molecule has 0 aliphatic carbocycles. The lowest BCUT2D eigenvalue weighted by molar-refractivity contribution is -0.116. The number of nitrogens with zero attached hydrogens (tertiary/aromatic N) is 3. The zero-order valence-electron chi connectivity index (χ0n) is 16.7. The molecule has 0 bridgehead atoms. The lowest BCUT2D eigenvalue weighted by atomic mass is 10.1. The number of amides is 1. The van der Waals surface area contributed by atoms with Crippen molar-refractivity contribution in [3.8, 4) is 17.2 Å². The van der Waals surface area contributed by atoms with Crippen LogP contribution in [0.15, 0.2) is 44.9 Å². The summed E-state index contributed by atoms with van der Waals surface area (Å²) in [6.07, 6.45) is 1.22. The van der Waals surface area contributed by atoms with E-state index in [1.54, 1.807) is 32.4 Å². The number of ether oxygens (including phenoxy) is 3. The van der Waals surface area contributed by atoms with Crippen molar-refractivity contribution in [2.24, 2.45) is 10.1 Å². The van der Waals surface area contributed by atoms with Crippen molar-refractivity contribution >= 4 is 44.5 Å². The fourth-order valence-electron chi connectivity index (χ4n) is 3.47. The highest BCUT2D eigenvalue weighted by atomic mass is 79.9. The number of thioether (sulfide) groups is 1. The zero-order chi connectivity index (χ0) is 21.4. The Kier molecular flexibility index (Phi) is 5.61. The summed E-state index contributed by atoms with van der Waals surface area (Å²) in [6, 6.07) is 9.25. The van der Waals surface area contributed by atoms with Gasteiger partial charge in [0.2, 0.25) is 5.75 Å². The van der Waals surface area contributed by atoms with Gasteiger partial charge in [-0.2, -0.15) is 0 Å². The number of amidine groups is 1. The molecule has 1 amide bonds. The van der Waals surface area contributed by atoms with Gasteiger partial charge in [-0.15, -0.1) is 5.10 Å². The molecule has 156 valence electrons. The molecular formula is C20H19BrN4O4S. The van der Waals surface area contributed by atoms with E-state index in [1.165, 1.54) is 11.8 Å². The molecule has 1 atom stereocenters. The van der Waals surface area contributed by atoms with E-state index in [9.17, 15) is 4.79 Å². The van der Waals surface area contributed by atoms with Crippen molar-refractivity contribution < 1.29 is 19.0 Å². The third-order valence-electron chi connectivity index (χ3n) is 4.78. The summed E-state index contributed by atoms with van der Waals surface area (Å²) >= 11 is 4.82. The van der Waals surface area contributed by atoms with Gasteiger partial charge in [0.15, 0.2) is 22.8 Å². The van der Waals surface area contributed by atoms with Gasteiger partial charge in [-0.3, -0.25) is 15.1 Å². The van der Waals surface area contributed by atoms with Gasteiger partial charge in [-0.1, -0.05) is 27.7 Å². The normalized spacial score (nSPS) is 17.3. The molecule has 2 aliphatic heterocycles. The predicted molar refractivity (Wildman–Crippen MR) is 118 cm³/mol. The smallest absolute Gasteiger partial charge is 0.276 e. The minimum atomic E-state index is -0.628. The Bertz CT molecular complexity index is 1180. The van der Waals surface area contributed by atoms with Crippen LogP contribution < -0.4 is 30.1 Å². The standard InChI is InChI=1S/C20H19BrN4O4S/c1-27-14-8-6-11(16(28-2)17(14)29-3)18-22-13-7-5-10(21)9-12(13)15-19(26)23-20(30-4)24-25(15)18/h5-9,18H,1-4H3,(H,23,24,26). The summed E-state index contributed by atoms with van der Waals surface area (Å²) < 4.78 is 17.4. The van der Waals surface area contributed by atoms with Crippen LogP contribution in [0, 0.1) is 0 Å². The van der Waals surface area contributed by atoms with Crippen LogP contribution in [0.3, 0.4) is 0 Å². The van der Waals surface area contributed by atoms with Crippen LogP contribution in [0.25, 0.3) is 5.70 Å². The molecule has 2 aliphatic rings. The fraction of sp³-hybridized carbons (Fsp3) is 0.250. The minimum absolute atomic E-state index is 0.243. The first-order chi connectivity index (χ1) is 14.5. The Labute approximate surface area is 185 Å². The summed E-state index contributed by atoms with van der Waals surface area (Å²) in [4.78, 5) is 17.9. The second-order valence-corrected chi connectivity index (χ2v) is 8.05. The Morgan fingerprint density at radius 1 is 1.10 bits per heavy atom. The second-order valence-electron chi connectivity index (χ2n) is 6.34. The Hall–Kier alpha value is -2.72. The van der Waals surface area contributed by atoms with Gasteiger partial charge >= 0.3 is 0 Å². The van der Waals surface area contributed by atoms with Gasteiger partial charge < -0.3 is 14.2 Å². The molecule has 10 heteroatoms. The molecule has 0 aromatic heterocycles. The monoisotopic (exact) mass is 490 g/mol. The number of carbonyl (C=O) groups is 1. The summed E-state index contributed by atoms with van der Waals surface area (Å²) in [5.41, 5.74) is 1.11. The molecule has 0 fully saturated rings. The molecule has 0 saturated heterocycles. The van der Waals surface area contributed by atoms with Gasteiger partial charge in [-0.25, -0.2) is 5.01 Å². The number of carbonyl (C=O) groups excluding carboxylic acids is 1. The summed E-state index contributed by atoms with van der Waals surface area (Å²) in [5.74, 6) is 1.21. The van der Waals surface area contributed by atoms with Crippen molar-refractivity contribution in [1.29, 1.82) is 0 Å². The highest BCUT2D eigenvalue weighted by molar-refractivity contribution is 9.10. The zero-order valence-corrected chi connectivity index (χ0v) is 19.1. The van der Waals surface area contributed by atoms with Gasteiger partial charge in [0.25, 0.3) is 5.91 Å². The number of halogens is 1. The number of hydrogen-bond donors (Lipinski definition) is 1. The number of nitrogens with one attached hydrogen (secondary N) is 1. The third-order valence-corrected chi connectivity index (χ3v) is 5.84. The maximum atomic E-state index is 13.0. The van der Waals surface area contributed by atoms with E-state index in [1.807, 2.05) is 30.5 Å². The first-order valence-electron chi connectivity index (χ1n) is 8.92. The molecule has 0 spiro atoms. The number of hydrogen-bond acceptors (Lipinski definition) is 8. The number of rotatable bonds is 4. The average molecular weight is 491 g/mol. The largest absolute Gasteiger partial charge is 0.493 e. The van der Waals surface area contributed by atoms with Gasteiger partial charge in [-0.05, 0) is 36.6 Å². The molecule has 2 aromatic rings. The maximum Gasteiger partial charge on any atom is 0.276 e. The average Bonchev–Trinajstić information content (AvgIpc) is 2.76. The summed E-state index contributed by atoms with van der Waals surface area (Å²) in [7, 11) is 4.66. The number of benzene rings is 2. The van der Waals surface area contributed by atoms with E-state index >= 15 is 0 Å². The first-order valence-corrected chi connectivity index (χ1v) is 10.9. The molecule has 1 N–H and O–H groups in total. The van der Waals surface area contributed by atoms with Crippen molar-refractivity contribution in [2.75, 3.05) is 27.6 Å². The van der Waals surface area contributed by atoms with Gasteiger partial charge in [0, 0.05) is 15.3 Å².